The highest BCUT2D eigenvalue weighted by Crippen LogP contribution is 2.29. The Kier molecular flexibility index (Phi) is 11.5. The lowest BCUT2D eigenvalue weighted by Gasteiger charge is -2.26. The lowest BCUT2D eigenvalue weighted by molar-refractivity contribution is -0.211. The van der Waals surface area contributed by atoms with Crippen LogP contribution < -0.4 is 15.6 Å². The number of carbonyl (C=O) groups excluding carboxylic acids is 2. The summed E-state index contributed by atoms with van der Waals surface area (Å²) in [7, 11) is 3.24. The summed E-state index contributed by atoms with van der Waals surface area (Å²) >= 11 is 0. The number of aliphatic hydroxyl groups is 1. The van der Waals surface area contributed by atoms with Gasteiger partial charge in [-0.25, -0.2) is 13.2 Å². The number of anilines is 1. The molecule has 3 heterocycles. The topological polar surface area (TPSA) is 129 Å². The van der Waals surface area contributed by atoms with Crippen LogP contribution in [0.4, 0.5) is 18.9 Å². The van der Waals surface area contributed by atoms with Gasteiger partial charge in [-0.05, 0) is 68.2 Å². The Morgan fingerprint density at radius 3 is 2.59 bits per heavy atom. The normalized spacial score (nSPS) is 14.7. The molecule has 3 N–H and O–H groups in total. The number of halogens is 3. The van der Waals surface area contributed by atoms with Crippen molar-refractivity contribution in [1.82, 2.24) is 19.4 Å². The van der Waals surface area contributed by atoms with Crippen molar-refractivity contribution in [3.8, 4) is 5.75 Å². The SMILES string of the molecule is CN(C)C(=O)/C=C/CC[C@H](OC(O)N1CCCC1)C(=O)Nc1cccn(Cc2cc3cc(F)cc(OCc4ccc(F)cc4F)c3[nH]2)c1=O. The minimum absolute atomic E-state index is 0.0170. The van der Waals surface area contributed by atoms with E-state index < -0.39 is 41.4 Å². The number of nitrogens with one attached hydrogen (secondary N) is 2. The number of carbonyl (C=O) groups is 2. The molecule has 1 unspecified atom stereocenters. The number of aromatic amines is 1. The van der Waals surface area contributed by atoms with Crippen molar-refractivity contribution >= 4 is 28.4 Å². The van der Waals surface area contributed by atoms with Crippen molar-refractivity contribution in [2.75, 3.05) is 32.5 Å². The highest BCUT2D eigenvalue weighted by molar-refractivity contribution is 5.94. The summed E-state index contributed by atoms with van der Waals surface area (Å²) < 4.78 is 54.7. The van der Waals surface area contributed by atoms with Gasteiger partial charge in [-0.3, -0.25) is 19.3 Å². The average Bonchev–Trinajstić information content (AvgIpc) is 3.74. The Bertz CT molecular complexity index is 1890. The lowest BCUT2D eigenvalue weighted by atomic mass is 10.1. The Hall–Kier alpha value is -4.92. The number of pyridine rings is 1. The number of amides is 2. The minimum atomic E-state index is -1.31. The Balaban J connectivity index is 1.30. The summed E-state index contributed by atoms with van der Waals surface area (Å²) in [6, 6.07) is 10.2. The van der Waals surface area contributed by atoms with Crippen LogP contribution in [-0.4, -0.2) is 76.0 Å². The second-order valence-electron chi connectivity index (χ2n) is 11.9. The third kappa shape index (κ3) is 9.16. The minimum Gasteiger partial charge on any atom is -0.486 e. The van der Waals surface area contributed by atoms with Crippen LogP contribution in [0, 0.1) is 17.5 Å². The second-order valence-corrected chi connectivity index (χ2v) is 11.9. The summed E-state index contributed by atoms with van der Waals surface area (Å²) in [6.07, 6.45) is 4.32. The number of likely N-dealkylation sites (tertiary alicyclic amines) is 1. The number of allylic oxidation sites excluding steroid dienone is 1. The molecule has 11 nitrogen and oxygen atoms in total. The fourth-order valence-corrected chi connectivity index (χ4v) is 5.42. The van der Waals surface area contributed by atoms with E-state index >= 15 is 0 Å². The van der Waals surface area contributed by atoms with Gasteiger partial charge in [0.1, 0.15) is 41.6 Å². The van der Waals surface area contributed by atoms with E-state index in [4.69, 9.17) is 9.47 Å². The number of fused-ring (bicyclic) bond motifs is 1. The molecular formula is C35H38F3N5O6. The number of aromatic nitrogens is 2. The molecule has 5 rings (SSSR count). The smallest absolute Gasteiger partial charge is 0.274 e. The van der Waals surface area contributed by atoms with E-state index in [2.05, 4.69) is 10.3 Å². The van der Waals surface area contributed by atoms with Crippen LogP contribution in [0.2, 0.25) is 0 Å². The number of aliphatic hydroxyl groups excluding tert-OH is 1. The maximum atomic E-state index is 14.5. The molecule has 1 saturated heterocycles. The summed E-state index contributed by atoms with van der Waals surface area (Å²) in [5.74, 6) is -2.87. The van der Waals surface area contributed by atoms with E-state index in [0.717, 1.165) is 31.0 Å². The van der Waals surface area contributed by atoms with Gasteiger partial charge in [0.05, 0.1) is 12.1 Å². The van der Waals surface area contributed by atoms with Crippen LogP contribution in [0.3, 0.4) is 0 Å². The highest BCUT2D eigenvalue weighted by atomic mass is 19.1. The average molecular weight is 682 g/mol. The van der Waals surface area contributed by atoms with Crippen LogP contribution in [0.25, 0.3) is 10.9 Å². The van der Waals surface area contributed by atoms with Gasteiger partial charge in [0.2, 0.25) is 12.3 Å². The number of benzene rings is 2. The zero-order valence-corrected chi connectivity index (χ0v) is 27.1. The molecule has 0 spiro atoms. The fourth-order valence-electron chi connectivity index (χ4n) is 5.42. The molecule has 0 bridgehead atoms. The predicted octanol–water partition coefficient (Wildman–Crippen LogP) is 4.49. The van der Waals surface area contributed by atoms with Crippen molar-refractivity contribution in [1.29, 1.82) is 0 Å². The van der Waals surface area contributed by atoms with Gasteiger partial charge in [0, 0.05) is 62.2 Å². The number of rotatable bonds is 14. The fraction of sp³-hybridized carbons (Fsp3) is 0.343. The Morgan fingerprint density at radius 1 is 1.08 bits per heavy atom. The maximum absolute atomic E-state index is 14.5. The zero-order chi connectivity index (χ0) is 35.1. The van der Waals surface area contributed by atoms with E-state index in [0.29, 0.717) is 36.1 Å². The molecule has 2 aromatic heterocycles. The van der Waals surface area contributed by atoms with Crippen LogP contribution in [0.1, 0.15) is 36.9 Å². The molecule has 2 amide bonds. The quantitative estimate of drug-likeness (QED) is 0.132. The van der Waals surface area contributed by atoms with Gasteiger partial charge in [0.15, 0.2) is 0 Å². The van der Waals surface area contributed by atoms with E-state index in [1.54, 1.807) is 37.2 Å². The Labute approximate surface area is 280 Å². The van der Waals surface area contributed by atoms with Crippen molar-refractivity contribution < 1.29 is 37.3 Å². The van der Waals surface area contributed by atoms with Crippen LogP contribution in [-0.2, 0) is 27.5 Å². The van der Waals surface area contributed by atoms with E-state index in [-0.39, 0.29) is 42.5 Å². The number of hydrogen-bond donors (Lipinski definition) is 3. The van der Waals surface area contributed by atoms with Crippen LogP contribution >= 0.6 is 0 Å². The monoisotopic (exact) mass is 681 g/mol. The summed E-state index contributed by atoms with van der Waals surface area (Å²) in [6.45, 7) is 0.988. The standard InChI is InChI=1S/C35H38F3N5O6/c1-41(2)31(44)10-4-3-9-29(49-35(47)42-13-5-6-14-42)33(45)40-28-8-7-15-43(34(28)46)20-26-17-23-16-25(37)19-30(32(23)39-26)48-21-22-11-12-24(36)18-27(22)38/h4,7-8,10-12,15-19,29,35,39,47H,3,5-6,9,13-14,20-21H2,1-2H3,(H,40,45)/b10-4+/t29-,35?/m0/s1. The molecule has 0 aliphatic carbocycles. The van der Waals surface area contributed by atoms with Gasteiger partial charge in [0.25, 0.3) is 11.5 Å². The number of ether oxygens (including phenoxy) is 2. The molecule has 2 atom stereocenters. The number of hydrogen-bond acceptors (Lipinski definition) is 7. The van der Waals surface area contributed by atoms with Crippen LogP contribution in [0.15, 0.2) is 71.7 Å². The maximum Gasteiger partial charge on any atom is 0.274 e. The van der Waals surface area contributed by atoms with Crippen molar-refractivity contribution in [3.63, 3.8) is 0 Å². The first-order valence-corrected chi connectivity index (χ1v) is 15.8. The van der Waals surface area contributed by atoms with Crippen molar-refractivity contribution in [2.45, 2.75) is 51.4 Å². The first-order valence-electron chi connectivity index (χ1n) is 15.8. The van der Waals surface area contributed by atoms with Gasteiger partial charge in [-0.1, -0.05) is 6.08 Å². The summed E-state index contributed by atoms with van der Waals surface area (Å²) in [5, 5.41) is 13.7. The summed E-state index contributed by atoms with van der Waals surface area (Å²) in [5.41, 5.74) is 0.458. The molecule has 0 saturated carbocycles. The lowest BCUT2D eigenvalue weighted by Crippen LogP contribution is -2.42. The zero-order valence-electron chi connectivity index (χ0n) is 27.1. The number of nitrogens with zero attached hydrogens (tertiary/aromatic N) is 3. The Morgan fingerprint density at radius 2 is 1.86 bits per heavy atom. The van der Waals surface area contributed by atoms with Gasteiger partial charge >= 0.3 is 0 Å². The molecule has 260 valence electrons. The molecule has 0 radical (unpaired) electrons. The number of likely N-dealkylation sites (N-methyl/N-ethyl adjacent to an activating group) is 1. The van der Waals surface area contributed by atoms with Crippen LogP contribution in [0.5, 0.6) is 5.75 Å². The second kappa shape index (κ2) is 16.0. The van der Waals surface area contributed by atoms with Gasteiger partial charge < -0.3 is 34.3 Å². The van der Waals surface area contributed by atoms with E-state index in [1.165, 1.54) is 39.9 Å². The molecule has 2 aromatic carbocycles. The van der Waals surface area contributed by atoms with Gasteiger partial charge in [-0.15, -0.1) is 0 Å². The highest BCUT2D eigenvalue weighted by Gasteiger charge is 2.28. The number of H-pyrrole nitrogens is 1. The molecule has 1 aliphatic heterocycles. The van der Waals surface area contributed by atoms with E-state index in [9.17, 15) is 32.7 Å². The third-order valence-electron chi connectivity index (χ3n) is 8.06. The molecule has 1 aliphatic rings. The van der Waals surface area contributed by atoms with Crippen molar-refractivity contribution in [2.24, 2.45) is 0 Å². The summed E-state index contributed by atoms with van der Waals surface area (Å²) in [4.78, 5) is 45.0. The molecular weight excluding hydrogens is 643 g/mol. The first-order chi connectivity index (χ1) is 23.5. The third-order valence-corrected chi connectivity index (χ3v) is 8.06. The molecule has 4 aromatic rings. The largest absolute Gasteiger partial charge is 0.486 e. The predicted molar refractivity (Wildman–Crippen MR) is 176 cm³/mol. The van der Waals surface area contributed by atoms with Crippen molar-refractivity contribution in [3.05, 3.63) is 106 Å². The molecule has 1 fully saturated rings. The van der Waals surface area contributed by atoms with Gasteiger partial charge in [-0.2, -0.15) is 0 Å². The molecule has 49 heavy (non-hydrogen) atoms. The van der Waals surface area contributed by atoms with E-state index in [1.807, 2.05) is 0 Å². The first kappa shape index (κ1) is 35.4. The molecule has 14 heteroatoms.